The SMILES string of the molecule is Cc1cc(C(N)=O)ccc1-n1c(CCC(=O)O)ccc1-c1ccc([N+](=O)[O-])cc1. The van der Waals surface area contributed by atoms with Crippen molar-refractivity contribution in [2.45, 2.75) is 19.8 Å². The third-order valence-corrected chi connectivity index (χ3v) is 4.65. The molecule has 2 aromatic carbocycles. The standard InChI is InChI=1S/C21H19N3O5/c1-13-12-15(21(22)27)4-9-18(13)23-16(8-11-20(25)26)7-10-19(23)14-2-5-17(6-3-14)24(28)29/h2-7,9-10,12H,8,11H2,1H3,(H2,22,27)(H,25,26). The van der Waals surface area contributed by atoms with Gasteiger partial charge >= 0.3 is 5.97 Å². The first-order chi connectivity index (χ1) is 13.8. The van der Waals surface area contributed by atoms with E-state index < -0.39 is 16.8 Å². The molecule has 0 saturated carbocycles. The number of hydrogen-bond acceptors (Lipinski definition) is 4. The van der Waals surface area contributed by atoms with E-state index in [0.29, 0.717) is 12.0 Å². The number of aryl methyl sites for hydroxylation is 2. The zero-order valence-electron chi connectivity index (χ0n) is 15.7. The number of amides is 1. The number of benzene rings is 2. The second-order valence-corrected chi connectivity index (χ2v) is 6.61. The van der Waals surface area contributed by atoms with E-state index in [4.69, 9.17) is 10.8 Å². The first kappa shape index (κ1) is 19.8. The molecule has 0 aliphatic carbocycles. The minimum Gasteiger partial charge on any atom is -0.481 e. The van der Waals surface area contributed by atoms with Crippen LogP contribution in [0.5, 0.6) is 0 Å². The van der Waals surface area contributed by atoms with Gasteiger partial charge in [-0.3, -0.25) is 19.7 Å². The van der Waals surface area contributed by atoms with E-state index in [-0.39, 0.29) is 12.1 Å². The van der Waals surface area contributed by atoms with Gasteiger partial charge in [0.15, 0.2) is 0 Å². The van der Waals surface area contributed by atoms with Crippen molar-refractivity contribution in [3.63, 3.8) is 0 Å². The molecule has 8 nitrogen and oxygen atoms in total. The van der Waals surface area contributed by atoms with Crippen LogP contribution in [-0.2, 0) is 11.2 Å². The molecule has 0 aliphatic heterocycles. The zero-order valence-corrected chi connectivity index (χ0v) is 15.7. The van der Waals surface area contributed by atoms with Crippen LogP contribution in [0, 0.1) is 17.0 Å². The van der Waals surface area contributed by atoms with Crippen LogP contribution < -0.4 is 5.73 Å². The molecule has 0 saturated heterocycles. The summed E-state index contributed by atoms with van der Waals surface area (Å²) < 4.78 is 1.91. The first-order valence-electron chi connectivity index (χ1n) is 8.86. The third kappa shape index (κ3) is 4.16. The number of carbonyl (C=O) groups is 2. The molecule has 29 heavy (non-hydrogen) atoms. The lowest BCUT2D eigenvalue weighted by Gasteiger charge is -2.17. The predicted molar refractivity (Wildman–Crippen MR) is 107 cm³/mol. The monoisotopic (exact) mass is 393 g/mol. The van der Waals surface area contributed by atoms with Crippen LogP contribution in [0.1, 0.15) is 28.0 Å². The molecular weight excluding hydrogens is 374 g/mol. The van der Waals surface area contributed by atoms with Gasteiger partial charge in [-0.05, 0) is 66.9 Å². The molecule has 0 radical (unpaired) electrons. The van der Waals surface area contributed by atoms with Crippen molar-refractivity contribution in [1.82, 2.24) is 4.57 Å². The predicted octanol–water partition coefficient (Wildman–Crippen LogP) is 3.48. The summed E-state index contributed by atoms with van der Waals surface area (Å²) in [5.41, 5.74) is 9.56. The van der Waals surface area contributed by atoms with Crippen molar-refractivity contribution in [2.75, 3.05) is 0 Å². The topological polar surface area (TPSA) is 128 Å². The average molecular weight is 393 g/mol. The number of non-ortho nitro benzene ring substituents is 1. The number of primary amides is 1. The summed E-state index contributed by atoms with van der Waals surface area (Å²) in [6, 6.07) is 14.9. The Labute approximate surface area is 166 Å². The van der Waals surface area contributed by atoms with E-state index in [1.807, 2.05) is 23.6 Å². The molecule has 3 aromatic rings. The number of carboxylic acid groups (broad SMARTS) is 1. The number of aliphatic carboxylic acids is 1. The van der Waals surface area contributed by atoms with Crippen LogP contribution in [0.15, 0.2) is 54.6 Å². The van der Waals surface area contributed by atoms with Gasteiger partial charge in [0, 0.05) is 29.1 Å². The number of nitrogens with zero attached hydrogens (tertiary/aromatic N) is 2. The number of nitro benzene ring substituents is 1. The molecular formula is C21H19N3O5. The second-order valence-electron chi connectivity index (χ2n) is 6.61. The fourth-order valence-corrected chi connectivity index (χ4v) is 3.23. The second kappa shape index (κ2) is 7.97. The largest absolute Gasteiger partial charge is 0.481 e. The lowest BCUT2D eigenvalue weighted by atomic mass is 10.1. The number of nitro groups is 1. The van der Waals surface area contributed by atoms with E-state index in [2.05, 4.69) is 0 Å². The Morgan fingerprint density at radius 2 is 1.79 bits per heavy atom. The molecule has 0 spiro atoms. The van der Waals surface area contributed by atoms with Gasteiger partial charge in [0.2, 0.25) is 5.91 Å². The molecule has 3 rings (SSSR count). The Hall–Kier alpha value is -3.94. The maximum absolute atomic E-state index is 11.5. The number of nitrogens with two attached hydrogens (primary N) is 1. The van der Waals surface area contributed by atoms with Gasteiger partial charge in [-0.2, -0.15) is 0 Å². The highest BCUT2D eigenvalue weighted by Gasteiger charge is 2.16. The summed E-state index contributed by atoms with van der Waals surface area (Å²) in [5.74, 6) is -1.44. The maximum Gasteiger partial charge on any atom is 0.303 e. The van der Waals surface area contributed by atoms with Crippen molar-refractivity contribution in [3.05, 3.63) is 81.5 Å². The van der Waals surface area contributed by atoms with Gasteiger partial charge in [0.1, 0.15) is 0 Å². The highest BCUT2D eigenvalue weighted by atomic mass is 16.6. The van der Waals surface area contributed by atoms with Crippen molar-refractivity contribution in [2.24, 2.45) is 5.73 Å². The lowest BCUT2D eigenvalue weighted by Crippen LogP contribution is -2.12. The fourth-order valence-electron chi connectivity index (χ4n) is 3.23. The molecule has 148 valence electrons. The molecule has 1 heterocycles. The summed E-state index contributed by atoms with van der Waals surface area (Å²) in [6.07, 6.45) is 0.265. The number of hydrogen-bond donors (Lipinski definition) is 2. The van der Waals surface area contributed by atoms with Gasteiger partial charge in [-0.15, -0.1) is 0 Å². The van der Waals surface area contributed by atoms with Crippen molar-refractivity contribution >= 4 is 17.6 Å². The number of rotatable bonds is 7. The Morgan fingerprint density at radius 3 is 2.34 bits per heavy atom. The Bertz CT molecular complexity index is 1100. The summed E-state index contributed by atoms with van der Waals surface area (Å²) in [7, 11) is 0. The quantitative estimate of drug-likeness (QED) is 0.469. The summed E-state index contributed by atoms with van der Waals surface area (Å²) >= 11 is 0. The van der Waals surface area contributed by atoms with Crippen LogP contribution in [-0.4, -0.2) is 26.5 Å². The average Bonchev–Trinajstić information content (AvgIpc) is 3.09. The summed E-state index contributed by atoms with van der Waals surface area (Å²) in [5, 5.41) is 20.0. The molecule has 0 atom stereocenters. The molecule has 0 bridgehead atoms. The minimum absolute atomic E-state index is 0.0139. The lowest BCUT2D eigenvalue weighted by molar-refractivity contribution is -0.384. The smallest absolute Gasteiger partial charge is 0.303 e. The van der Waals surface area contributed by atoms with E-state index in [9.17, 15) is 19.7 Å². The molecule has 1 aromatic heterocycles. The van der Waals surface area contributed by atoms with Gasteiger partial charge in [0.05, 0.1) is 17.0 Å². The van der Waals surface area contributed by atoms with E-state index in [0.717, 1.165) is 28.2 Å². The van der Waals surface area contributed by atoms with Crippen LogP contribution in [0.25, 0.3) is 16.9 Å². The van der Waals surface area contributed by atoms with E-state index in [1.54, 1.807) is 30.3 Å². The third-order valence-electron chi connectivity index (χ3n) is 4.65. The van der Waals surface area contributed by atoms with E-state index in [1.165, 1.54) is 12.1 Å². The van der Waals surface area contributed by atoms with Crippen LogP contribution in [0.4, 0.5) is 5.69 Å². The summed E-state index contributed by atoms with van der Waals surface area (Å²) in [6.45, 7) is 1.84. The fraction of sp³-hybridized carbons (Fsp3) is 0.143. The van der Waals surface area contributed by atoms with Gasteiger partial charge in [0.25, 0.3) is 5.69 Å². The van der Waals surface area contributed by atoms with Crippen molar-refractivity contribution in [1.29, 1.82) is 0 Å². The Morgan fingerprint density at radius 1 is 1.10 bits per heavy atom. The zero-order chi connectivity index (χ0) is 21.1. The molecule has 8 heteroatoms. The van der Waals surface area contributed by atoms with Crippen LogP contribution in [0.3, 0.4) is 0 Å². The molecule has 3 N–H and O–H groups in total. The molecule has 1 amide bonds. The number of carbonyl (C=O) groups excluding carboxylic acids is 1. The summed E-state index contributed by atoms with van der Waals surface area (Å²) in [4.78, 5) is 33.0. The van der Waals surface area contributed by atoms with Crippen LogP contribution in [0.2, 0.25) is 0 Å². The molecule has 0 aliphatic rings. The normalized spacial score (nSPS) is 10.7. The highest BCUT2D eigenvalue weighted by molar-refractivity contribution is 5.93. The minimum atomic E-state index is -0.907. The molecule has 0 fully saturated rings. The first-order valence-corrected chi connectivity index (χ1v) is 8.86. The van der Waals surface area contributed by atoms with Crippen LogP contribution >= 0.6 is 0 Å². The Kier molecular flexibility index (Phi) is 5.45. The van der Waals surface area contributed by atoms with Gasteiger partial charge < -0.3 is 15.4 Å². The highest BCUT2D eigenvalue weighted by Crippen LogP contribution is 2.30. The number of aromatic nitrogens is 1. The van der Waals surface area contributed by atoms with Crippen molar-refractivity contribution in [3.8, 4) is 16.9 Å². The molecule has 0 unspecified atom stereocenters. The van der Waals surface area contributed by atoms with E-state index >= 15 is 0 Å². The Balaban J connectivity index is 2.14. The number of carboxylic acids is 1. The van der Waals surface area contributed by atoms with Gasteiger partial charge in [-0.25, -0.2) is 0 Å². The van der Waals surface area contributed by atoms with Gasteiger partial charge in [-0.1, -0.05) is 0 Å². The maximum atomic E-state index is 11.5. The van der Waals surface area contributed by atoms with Crippen molar-refractivity contribution < 1.29 is 19.6 Å².